The number of hydrogen-bond donors (Lipinski definition) is 4. The molecule has 10 heteroatoms. The first-order valence-corrected chi connectivity index (χ1v) is 14.5. The summed E-state index contributed by atoms with van der Waals surface area (Å²) in [5.74, 6) is -3.15. The van der Waals surface area contributed by atoms with Gasteiger partial charge in [0.1, 0.15) is 17.8 Å². The van der Waals surface area contributed by atoms with Crippen LogP contribution in [0.4, 0.5) is 10.1 Å². The second kappa shape index (κ2) is 14.0. The number of amidine groups is 1. The summed E-state index contributed by atoms with van der Waals surface area (Å²) in [6.45, 7) is 3.81. The highest BCUT2D eigenvalue weighted by molar-refractivity contribution is 6.22. The molecule has 0 bridgehead atoms. The maximum absolute atomic E-state index is 13.7. The molecule has 2 aliphatic heterocycles. The maximum Gasteiger partial charge on any atom is 0.259 e. The van der Waals surface area contributed by atoms with Gasteiger partial charge in [-0.15, -0.1) is 0 Å². The summed E-state index contributed by atoms with van der Waals surface area (Å²) in [6, 6.07) is 13.3. The number of benzene rings is 2. The number of aliphatic imine (C=N–C) groups is 1. The van der Waals surface area contributed by atoms with Crippen LogP contribution >= 0.6 is 0 Å². The smallest absolute Gasteiger partial charge is 0.259 e. The number of carbonyl (C=O) groups excluding carboxylic acids is 2. The summed E-state index contributed by atoms with van der Waals surface area (Å²) in [5, 5.41) is 38.8. The molecular weight excluding hydrogens is 551 g/mol. The Kier molecular flexibility index (Phi) is 10.4. The number of anilines is 1. The van der Waals surface area contributed by atoms with E-state index in [4.69, 9.17) is 5.41 Å². The number of hydrogen-bond acceptors (Lipinski definition) is 7. The molecule has 2 heterocycles. The van der Waals surface area contributed by atoms with Crippen molar-refractivity contribution in [2.75, 3.05) is 4.90 Å². The standard InChI is InChI=1S/C33H39FN4O5/c1-22-10-11-23(28(35)19-29(39)32(41)37-20-24-7-3-4-8-25(24)21-37)16-18-36-30(9-5-6-17-33(2,42)43)38(31(22)40)27-14-12-26(34)13-15-27/h3-4,7-8,10,12-16,18,23,29,35,39,42-43H,5-6,9,11,17,19-21H2,1-2H3/b18-16+,22-10+,35-28?,36-30-. The Morgan fingerprint density at radius 2 is 1.77 bits per heavy atom. The fourth-order valence-electron chi connectivity index (χ4n) is 5.23. The summed E-state index contributed by atoms with van der Waals surface area (Å²) >= 11 is 0. The third-order valence-corrected chi connectivity index (χ3v) is 7.70. The summed E-state index contributed by atoms with van der Waals surface area (Å²) in [7, 11) is 0. The van der Waals surface area contributed by atoms with Gasteiger partial charge in [-0.1, -0.05) is 36.4 Å². The Morgan fingerprint density at radius 3 is 2.40 bits per heavy atom. The van der Waals surface area contributed by atoms with E-state index in [1.165, 1.54) is 42.3 Å². The number of amides is 2. The van der Waals surface area contributed by atoms with Crippen LogP contribution in [0.25, 0.3) is 0 Å². The van der Waals surface area contributed by atoms with E-state index in [-0.39, 0.29) is 30.9 Å². The molecule has 43 heavy (non-hydrogen) atoms. The number of unbranched alkanes of at least 4 members (excludes halogenated alkanes) is 1. The minimum atomic E-state index is -1.80. The van der Waals surface area contributed by atoms with Gasteiger partial charge in [0.2, 0.25) is 0 Å². The molecule has 0 spiro atoms. The first-order valence-electron chi connectivity index (χ1n) is 14.5. The highest BCUT2D eigenvalue weighted by Crippen LogP contribution is 2.26. The minimum Gasteiger partial charge on any atom is -0.383 e. The molecule has 2 aliphatic rings. The first kappa shape index (κ1) is 31.9. The lowest BCUT2D eigenvalue weighted by Gasteiger charge is -2.26. The quantitative estimate of drug-likeness (QED) is 0.182. The number of carbonyl (C=O) groups is 2. The molecule has 0 aromatic heterocycles. The second-order valence-electron chi connectivity index (χ2n) is 11.4. The summed E-state index contributed by atoms with van der Waals surface area (Å²) in [4.78, 5) is 34.3. The first-order chi connectivity index (χ1) is 20.4. The Balaban J connectivity index is 1.52. The van der Waals surface area contributed by atoms with Gasteiger partial charge in [-0.2, -0.15) is 0 Å². The average Bonchev–Trinajstić information content (AvgIpc) is 3.40. The molecule has 2 unspecified atom stereocenters. The monoisotopic (exact) mass is 590 g/mol. The van der Waals surface area contributed by atoms with E-state index in [2.05, 4.69) is 4.99 Å². The fourth-order valence-corrected chi connectivity index (χ4v) is 5.23. The van der Waals surface area contributed by atoms with Crippen molar-refractivity contribution in [3.63, 3.8) is 0 Å². The van der Waals surface area contributed by atoms with Gasteiger partial charge in [0, 0.05) is 55.8 Å². The normalized spacial score (nSPS) is 21.3. The van der Waals surface area contributed by atoms with E-state index in [9.17, 15) is 29.3 Å². The predicted octanol–water partition coefficient (Wildman–Crippen LogP) is 4.61. The number of fused-ring (bicyclic) bond motifs is 1. The lowest BCUT2D eigenvalue weighted by molar-refractivity contribution is -0.150. The zero-order chi connectivity index (χ0) is 31.1. The third-order valence-electron chi connectivity index (χ3n) is 7.70. The van der Waals surface area contributed by atoms with Crippen molar-refractivity contribution in [3.8, 4) is 0 Å². The molecule has 4 rings (SSSR count). The van der Waals surface area contributed by atoms with E-state index < -0.39 is 29.5 Å². The van der Waals surface area contributed by atoms with Gasteiger partial charge in [-0.3, -0.25) is 14.5 Å². The van der Waals surface area contributed by atoms with Crippen molar-refractivity contribution < 1.29 is 29.3 Å². The molecule has 0 radical (unpaired) electrons. The number of allylic oxidation sites excluding steroid dienone is 2. The fraction of sp³-hybridized carbons (Fsp3) is 0.394. The van der Waals surface area contributed by atoms with E-state index >= 15 is 0 Å². The largest absolute Gasteiger partial charge is 0.383 e. The van der Waals surface area contributed by atoms with Gasteiger partial charge >= 0.3 is 0 Å². The molecular formula is C33H39FN4O5. The van der Waals surface area contributed by atoms with Crippen LogP contribution in [-0.2, 0) is 22.7 Å². The molecule has 0 saturated carbocycles. The van der Waals surface area contributed by atoms with E-state index in [1.807, 2.05) is 24.3 Å². The van der Waals surface area contributed by atoms with Gasteiger partial charge in [-0.25, -0.2) is 9.38 Å². The number of nitrogens with one attached hydrogen (secondary N) is 1. The van der Waals surface area contributed by atoms with Crippen molar-refractivity contribution in [1.82, 2.24) is 4.90 Å². The van der Waals surface area contributed by atoms with Crippen LogP contribution < -0.4 is 4.90 Å². The van der Waals surface area contributed by atoms with E-state index in [0.29, 0.717) is 49.4 Å². The second-order valence-corrected chi connectivity index (χ2v) is 11.4. The number of rotatable bonds is 10. The van der Waals surface area contributed by atoms with Crippen LogP contribution in [0.3, 0.4) is 0 Å². The van der Waals surface area contributed by atoms with Crippen LogP contribution in [0, 0.1) is 17.1 Å². The Bertz CT molecular complexity index is 1400. The molecule has 0 saturated heterocycles. The van der Waals surface area contributed by atoms with Crippen molar-refractivity contribution >= 4 is 29.0 Å². The molecule has 2 aromatic rings. The summed E-state index contributed by atoms with van der Waals surface area (Å²) in [6.07, 6.45) is 5.16. The van der Waals surface area contributed by atoms with E-state index in [0.717, 1.165) is 11.1 Å². The van der Waals surface area contributed by atoms with Crippen molar-refractivity contribution in [2.45, 2.75) is 77.4 Å². The van der Waals surface area contributed by atoms with E-state index in [1.54, 1.807) is 24.0 Å². The van der Waals surface area contributed by atoms with Crippen LogP contribution in [-0.4, -0.2) is 55.5 Å². The van der Waals surface area contributed by atoms with Gasteiger partial charge in [-0.05, 0) is 68.5 Å². The highest BCUT2D eigenvalue weighted by atomic mass is 19.1. The van der Waals surface area contributed by atoms with Gasteiger partial charge in [0.05, 0.1) is 5.69 Å². The SMILES string of the molecule is C/C1=C\CC(C(=N)CC(O)C(=O)N2Cc3ccccc3C2)/C=C/N=C(/CCCCC(C)(O)O)N(c2ccc(F)cc2)C1=O. The molecule has 2 aromatic carbocycles. The number of aliphatic hydroxyl groups excluding tert-OH is 1. The van der Waals surface area contributed by atoms with Crippen LogP contribution in [0.2, 0.25) is 0 Å². The Labute approximate surface area is 251 Å². The molecule has 4 N–H and O–H groups in total. The van der Waals surface area contributed by atoms with Crippen molar-refractivity contribution in [1.29, 1.82) is 5.41 Å². The predicted molar refractivity (Wildman–Crippen MR) is 163 cm³/mol. The summed E-state index contributed by atoms with van der Waals surface area (Å²) < 4.78 is 13.7. The molecule has 9 nitrogen and oxygen atoms in total. The third kappa shape index (κ3) is 8.53. The number of aliphatic hydroxyl groups is 3. The lowest BCUT2D eigenvalue weighted by atomic mass is 9.93. The number of halogens is 1. The molecule has 2 atom stereocenters. The molecule has 228 valence electrons. The van der Waals surface area contributed by atoms with Crippen LogP contribution in [0.15, 0.2) is 77.4 Å². The lowest BCUT2D eigenvalue weighted by Crippen LogP contribution is -2.38. The molecule has 2 amide bonds. The number of nitrogens with zero attached hydrogens (tertiary/aromatic N) is 3. The topological polar surface area (TPSA) is 138 Å². The van der Waals surface area contributed by atoms with Crippen LogP contribution in [0.5, 0.6) is 0 Å². The zero-order valence-electron chi connectivity index (χ0n) is 24.5. The van der Waals surface area contributed by atoms with Crippen LogP contribution in [0.1, 0.15) is 63.5 Å². The Morgan fingerprint density at radius 1 is 1.12 bits per heavy atom. The van der Waals surface area contributed by atoms with Gasteiger partial charge < -0.3 is 25.6 Å². The summed E-state index contributed by atoms with van der Waals surface area (Å²) in [5.41, 5.74) is 3.07. The van der Waals surface area contributed by atoms with Crippen molar-refractivity contribution in [3.05, 3.63) is 89.4 Å². The van der Waals surface area contributed by atoms with Crippen molar-refractivity contribution in [2.24, 2.45) is 10.9 Å². The molecule has 0 aliphatic carbocycles. The van der Waals surface area contributed by atoms with Gasteiger partial charge in [0.15, 0.2) is 5.79 Å². The minimum absolute atomic E-state index is 0.142. The highest BCUT2D eigenvalue weighted by Gasteiger charge is 2.30. The molecule has 0 fully saturated rings. The average molecular weight is 591 g/mol. The zero-order valence-corrected chi connectivity index (χ0v) is 24.5. The van der Waals surface area contributed by atoms with Gasteiger partial charge in [0.25, 0.3) is 11.8 Å². The Hall–Kier alpha value is -3.99. The maximum atomic E-state index is 13.7.